The SMILES string of the molecule is Cc1ccc2c(c1)OC(C)(C)C[C@@H]2NC(=O)[C@@H](C)N(c1ccc(F)c(F)c1)S(C)(=O)=O. The van der Waals surface area contributed by atoms with Gasteiger partial charge in [0, 0.05) is 18.1 Å². The molecule has 0 aliphatic carbocycles. The summed E-state index contributed by atoms with van der Waals surface area (Å²) >= 11 is 0. The highest BCUT2D eigenvalue weighted by Gasteiger charge is 2.37. The van der Waals surface area contributed by atoms with Crippen molar-refractivity contribution in [2.45, 2.75) is 51.8 Å². The minimum Gasteiger partial charge on any atom is -0.487 e. The third kappa shape index (κ3) is 4.98. The Morgan fingerprint density at radius 2 is 1.87 bits per heavy atom. The van der Waals surface area contributed by atoms with E-state index in [1.807, 2.05) is 39.0 Å². The van der Waals surface area contributed by atoms with E-state index in [1.54, 1.807) is 0 Å². The Bertz CT molecular complexity index is 1120. The lowest BCUT2D eigenvalue weighted by Crippen LogP contribution is -2.50. The van der Waals surface area contributed by atoms with Crippen molar-refractivity contribution in [1.29, 1.82) is 0 Å². The van der Waals surface area contributed by atoms with Gasteiger partial charge in [0.1, 0.15) is 17.4 Å². The maximum atomic E-state index is 13.7. The Hall–Kier alpha value is -2.68. The smallest absolute Gasteiger partial charge is 0.244 e. The molecule has 1 N–H and O–H groups in total. The Kier molecular flexibility index (Phi) is 6.01. The average Bonchev–Trinajstić information content (AvgIpc) is 2.62. The molecule has 0 bridgehead atoms. The standard InChI is InChI=1S/C22H26F2N2O4S/c1-13-6-8-16-19(12-22(3,4)30-20(16)10-13)25-21(27)14(2)26(31(5,28)29)15-7-9-17(23)18(24)11-15/h6-11,14,19H,12H2,1-5H3,(H,25,27)/t14-,19+/m1/s1. The van der Waals surface area contributed by atoms with E-state index in [0.29, 0.717) is 12.2 Å². The van der Waals surface area contributed by atoms with Gasteiger partial charge in [-0.05, 0) is 51.5 Å². The highest BCUT2D eigenvalue weighted by Crippen LogP contribution is 2.40. The van der Waals surface area contributed by atoms with Gasteiger partial charge in [-0.1, -0.05) is 12.1 Å². The number of hydrogen-bond donors (Lipinski definition) is 1. The molecular formula is C22H26F2N2O4S. The van der Waals surface area contributed by atoms with Crippen LogP contribution in [0.15, 0.2) is 36.4 Å². The number of carbonyl (C=O) groups is 1. The minimum atomic E-state index is -3.96. The highest BCUT2D eigenvalue weighted by atomic mass is 32.2. The highest BCUT2D eigenvalue weighted by molar-refractivity contribution is 7.92. The topological polar surface area (TPSA) is 75.7 Å². The molecule has 1 amide bonds. The van der Waals surface area contributed by atoms with Crippen LogP contribution in [-0.2, 0) is 14.8 Å². The van der Waals surface area contributed by atoms with Crippen LogP contribution >= 0.6 is 0 Å². The number of carbonyl (C=O) groups excluding carboxylic acids is 1. The van der Waals surface area contributed by atoms with Crippen molar-refractivity contribution in [2.24, 2.45) is 0 Å². The summed E-state index contributed by atoms with van der Waals surface area (Å²) in [6.45, 7) is 7.15. The van der Waals surface area contributed by atoms with Crippen LogP contribution in [0.4, 0.5) is 14.5 Å². The number of halogens is 2. The van der Waals surface area contributed by atoms with Crippen LogP contribution in [0.2, 0.25) is 0 Å². The molecule has 0 radical (unpaired) electrons. The maximum absolute atomic E-state index is 13.7. The molecule has 0 fully saturated rings. The minimum absolute atomic E-state index is 0.132. The summed E-state index contributed by atoms with van der Waals surface area (Å²) in [5.41, 5.74) is 1.13. The molecule has 0 saturated carbocycles. The predicted molar refractivity (Wildman–Crippen MR) is 115 cm³/mol. The van der Waals surface area contributed by atoms with Crippen molar-refractivity contribution in [2.75, 3.05) is 10.6 Å². The first-order valence-electron chi connectivity index (χ1n) is 9.83. The van der Waals surface area contributed by atoms with Crippen LogP contribution in [0.25, 0.3) is 0 Å². The predicted octanol–water partition coefficient (Wildman–Crippen LogP) is 3.85. The number of ether oxygens (including phenoxy) is 1. The van der Waals surface area contributed by atoms with E-state index in [9.17, 15) is 22.0 Å². The molecule has 9 heteroatoms. The molecule has 6 nitrogen and oxygen atoms in total. The molecule has 3 rings (SSSR count). The van der Waals surface area contributed by atoms with Gasteiger partial charge in [0.25, 0.3) is 0 Å². The van der Waals surface area contributed by atoms with Gasteiger partial charge in [0.15, 0.2) is 11.6 Å². The van der Waals surface area contributed by atoms with Gasteiger partial charge >= 0.3 is 0 Å². The molecule has 1 aliphatic rings. The fourth-order valence-electron chi connectivity index (χ4n) is 3.81. The summed E-state index contributed by atoms with van der Waals surface area (Å²) < 4.78 is 58.7. The summed E-state index contributed by atoms with van der Waals surface area (Å²) in [4.78, 5) is 13.1. The average molecular weight is 453 g/mol. The Labute approximate surface area is 181 Å². The lowest BCUT2D eigenvalue weighted by molar-refractivity contribution is -0.123. The number of anilines is 1. The molecule has 2 atom stereocenters. The van der Waals surface area contributed by atoms with Gasteiger partial charge in [-0.25, -0.2) is 17.2 Å². The normalized spacial score (nSPS) is 18.5. The summed E-state index contributed by atoms with van der Waals surface area (Å²) in [5, 5.41) is 2.91. The molecule has 168 valence electrons. The van der Waals surface area contributed by atoms with Crippen molar-refractivity contribution in [3.8, 4) is 5.75 Å². The van der Waals surface area contributed by atoms with Crippen molar-refractivity contribution < 1.29 is 26.7 Å². The molecule has 1 aliphatic heterocycles. The molecule has 1 heterocycles. The van der Waals surface area contributed by atoms with Crippen LogP contribution in [0.3, 0.4) is 0 Å². The number of amides is 1. The van der Waals surface area contributed by atoms with Crippen molar-refractivity contribution in [1.82, 2.24) is 5.32 Å². The van der Waals surface area contributed by atoms with Gasteiger partial charge < -0.3 is 10.1 Å². The number of nitrogens with zero attached hydrogens (tertiary/aromatic N) is 1. The molecule has 2 aromatic carbocycles. The van der Waals surface area contributed by atoms with Gasteiger partial charge in [-0.15, -0.1) is 0 Å². The number of fused-ring (bicyclic) bond motifs is 1. The largest absolute Gasteiger partial charge is 0.487 e. The lowest BCUT2D eigenvalue weighted by Gasteiger charge is -2.39. The van der Waals surface area contributed by atoms with Crippen LogP contribution in [-0.4, -0.2) is 32.2 Å². The molecule has 31 heavy (non-hydrogen) atoms. The lowest BCUT2D eigenvalue weighted by atomic mass is 9.89. The van der Waals surface area contributed by atoms with E-state index < -0.39 is 45.2 Å². The van der Waals surface area contributed by atoms with Crippen LogP contribution in [0.5, 0.6) is 5.75 Å². The summed E-state index contributed by atoms with van der Waals surface area (Å²) in [7, 11) is -3.96. The monoisotopic (exact) mass is 452 g/mol. The second-order valence-electron chi connectivity index (χ2n) is 8.50. The number of benzene rings is 2. The zero-order chi connectivity index (χ0) is 23.1. The first-order valence-corrected chi connectivity index (χ1v) is 11.7. The molecule has 0 unspecified atom stereocenters. The summed E-state index contributed by atoms with van der Waals surface area (Å²) in [6, 6.07) is 6.79. The summed E-state index contributed by atoms with van der Waals surface area (Å²) in [6.07, 6.45) is 1.39. The Morgan fingerprint density at radius 1 is 1.19 bits per heavy atom. The molecule has 0 aromatic heterocycles. The molecule has 2 aromatic rings. The van der Waals surface area contributed by atoms with Gasteiger partial charge in [-0.3, -0.25) is 9.10 Å². The van der Waals surface area contributed by atoms with E-state index in [0.717, 1.165) is 39.9 Å². The van der Waals surface area contributed by atoms with E-state index in [1.165, 1.54) is 6.92 Å². The number of sulfonamides is 1. The second-order valence-corrected chi connectivity index (χ2v) is 10.4. The summed E-state index contributed by atoms with van der Waals surface area (Å²) in [5.74, 6) is -2.21. The molecule has 0 saturated heterocycles. The first kappa shape index (κ1) is 23.0. The number of rotatable bonds is 5. The third-order valence-corrected chi connectivity index (χ3v) is 6.43. The number of nitrogens with one attached hydrogen (secondary N) is 1. The molecule has 0 spiro atoms. The molecular weight excluding hydrogens is 426 g/mol. The fraction of sp³-hybridized carbons (Fsp3) is 0.409. The van der Waals surface area contributed by atoms with Gasteiger partial charge in [0.05, 0.1) is 18.0 Å². The van der Waals surface area contributed by atoms with Crippen molar-refractivity contribution >= 4 is 21.6 Å². The van der Waals surface area contributed by atoms with E-state index in [-0.39, 0.29) is 5.69 Å². The fourth-order valence-corrected chi connectivity index (χ4v) is 4.98. The zero-order valence-electron chi connectivity index (χ0n) is 18.1. The van der Waals surface area contributed by atoms with Gasteiger partial charge in [-0.2, -0.15) is 0 Å². The van der Waals surface area contributed by atoms with Crippen molar-refractivity contribution in [3.05, 3.63) is 59.2 Å². The van der Waals surface area contributed by atoms with E-state index in [2.05, 4.69) is 5.32 Å². The van der Waals surface area contributed by atoms with Crippen LogP contribution in [0.1, 0.15) is 44.4 Å². The van der Waals surface area contributed by atoms with Gasteiger partial charge in [0.2, 0.25) is 15.9 Å². The van der Waals surface area contributed by atoms with Crippen molar-refractivity contribution in [3.63, 3.8) is 0 Å². The second kappa shape index (κ2) is 8.11. The number of aryl methyl sites for hydroxylation is 1. The Balaban J connectivity index is 1.92. The van der Waals surface area contributed by atoms with Crippen LogP contribution in [0, 0.1) is 18.6 Å². The maximum Gasteiger partial charge on any atom is 0.244 e. The first-order chi connectivity index (χ1) is 14.3. The Morgan fingerprint density at radius 3 is 2.48 bits per heavy atom. The number of hydrogen-bond acceptors (Lipinski definition) is 4. The third-order valence-electron chi connectivity index (χ3n) is 5.19. The van der Waals surface area contributed by atoms with Crippen LogP contribution < -0.4 is 14.4 Å². The van der Waals surface area contributed by atoms with E-state index >= 15 is 0 Å². The van der Waals surface area contributed by atoms with E-state index in [4.69, 9.17) is 4.74 Å². The zero-order valence-corrected chi connectivity index (χ0v) is 18.9. The quantitative estimate of drug-likeness (QED) is 0.748.